The molecule has 0 aliphatic carbocycles. The molecular weight excluding hydrogens is 509 g/mol. The van der Waals surface area contributed by atoms with E-state index in [1.54, 1.807) is 75.6 Å². The Morgan fingerprint density at radius 3 is 2.33 bits per heavy atom. The Kier molecular flexibility index (Phi) is 7.39. The zero-order valence-electron chi connectivity index (χ0n) is 22.3. The predicted octanol–water partition coefficient (Wildman–Crippen LogP) is 6.30. The Morgan fingerprint density at radius 2 is 1.68 bits per heavy atom. The van der Waals surface area contributed by atoms with Gasteiger partial charge in [0.15, 0.2) is 6.04 Å². The van der Waals surface area contributed by atoms with Crippen LogP contribution in [0, 0.1) is 5.82 Å². The number of hydrogen-bond acceptors (Lipinski definition) is 5. The first-order valence-electron chi connectivity index (χ1n) is 12.7. The number of fused-ring (bicyclic) bond motifs is 1. The molecule has 5 aromatic rings. The van der Waals surface area contributed by atoms with Gasteiger partial charge in [0.05, 0.1) is 11.3 Å². The summed E-state index contributed by atoms with van der Waals surface area (Å²) in [5.41, 5.74) is 3.71. The summed E-state index contributed by atoms with van der Waals surface area (Å²) in [6.45, 7) is 5.38. The summed E-state index contributed by atoms with van der Waals surface area (Å²) in [7, 11) is 0. The Bertz CT molecular complexity index is 1630. The number of carbonyl (C=O) groups is 2. The number of pyridine rings is 2. The summed E-state index contributed by atoms with van der Waals surface area (Å²) in [5, 5.41) is 4.67. The highest BCUT2D eigenvalue weighted by Crippen LogP contribution is 2.38. The number of nitrogens with zero attached hydrogens (tertiary/aromatic N) is 3. The maximum absolute atomic E-state index is 13.7. The molecule has 8 nitrogen and oxygen atoms in total. The highest BCUT2D eigenvalue weighted by Gasteiger charge is 2.31. The molecule has 0 radical (unpaired) electrons. The highest BCUT2D eigenvalue weighted by atomic mass is 19.1. The van der Waals surface area contributed by atoms with Crippen molar-refractivity contribution in [3.8, 4) is 22.4 Å². The number of halogens is 1. The quantitative estimate of drug-likeness (QED) is 0.179. The second-order valence-electron chi connectivity index (χ2n) is 10.2. The van der Waals surface area contributed by atoms with Crippen LogP contribution in [0.3, 0.4) is 0 Å². The molecule has 0 bridgehead atoms. The number of hydrogen-bond donors (Lipinski definition) is 2. The monoisotopic (exact) mass is 537 g/mol. The number of rotatable bonds is 8. The van der Waals surface area contributed by atoms with E-state index in [2.05, 4.69) is 20.3 Å². The largest absolute Gasteiger partial charge is 0.339 e. The minimum Gasteiger partial charge on any atom is -0.339 e. The number of carbonyl (C=O) groups excluding carboxylic acids is 2. The molecule has 0 unspecified atom stereocenters. The van der Waals surface area contributed by atoms with Crippen molar-refractivity contribution in [3.63, 3.8) is 0 Å². The van der Waals surface area contributed by atoms with Gasteiger partial charge in [-0.25, -0.2) is 14.4 Å². The van der Waals surface area contributed by atoms with Gasteiger partial charge in [0.2, 0.25) is 6.41 Å². The molecule has 0 spiro atoms. The zero-order chi connectivity index (χ0) is 28.3. The van der Waals surface area contributed by atoms with E-state index in [-0.39, 0.29) is 11.6 Å². The van der Waals surface area contributed by atoms with E-state index < -0.39 is 17.6 Å². The zero-order valence-corrected chi connectivity index (χ0v) is 22.3. The third kappa shape index (κ3) is 5.74. The second-order valence-corrected chi connectivity index (χ2v) is 10.2. The van der Waals surface area contributed by atoms with Crippen LogP contribution in [0.4, 0.5) is 10.2 Å². The normalized spacial score (nSPS) is 12.2. The molecule has 2 N–H and O–H groups in total. The van der Waals surface area contributed by atoms with Gasteiger partial charge in [-0.1, -0.05) is 30.3 Å². The lowest BCUT2D eigenvalue weighted by molar-refractivity contribution is -0.231. The topological polar surface area (TPSA) is 100 Å². The Labute approximate surface area is 230 Å². The highest BCUT2D eigenvalue weighted by molar-refractivity contribution is 6.03. The van der Waals surface area contributed by atoms with Crippen LogP contribution in [0.1, 0.15) is 32.4 Å². The lowest BCUT2D eigenvalue weighted by Gasteiger charge is -2.32. The van der Waals surface area contributed by atoms with Gasteiger partial charge in [-0.05, 0) is 86.0 Å². The molecule has 0 fully saturated rings. The van der Waals surface area contributed by atoms with Gasteiger partial charge in [0.25, 0.3) is 5.91 Å². The molecule has 0 saturated carbocycles. The number of nitrogens with one attached hydrogen (secondary N) is 2. The molecule has 0 aliphatic heterocycles. The van der Waals surface area contributed by atoms with Crippen molar-refractivity contribution in [1.82, 2.24) is 20.0 Å². The molecule has 40 heavy (non-hydrogen) atoms. The maximum Gasteiger partial charge on any atom is 0.255 e. The Hall–Kier alpha value is -4.89. The van der Waals surface area contributed by atoms with Crippen LogP contribution >= 0.6 is 0 Å². The fourth-order valence-corrected chi connectivity index (χ4v) is 4.49. The Balaban J connectivity index is 1.54. The number of anilines is 1. The maximum atomic E-state index is 13.7. The molecule has 9 heteroatoms. The number of H-pyrrole nitrogens is 1. The molecule has 5 rings (SSSR count). The van der Waals surface area contributed by atoms with Crippen molar-refractivity contribution in [1.29, 1.82) is 0 Å². The average molecular weight is 538 g/mol. The van der Waals surface area contributed by atoms with Gasteiger partial charge in [-0.15, -0.1) is 0 Å². The summed E-state index contributed by atoms with van der Waals surface area (Å²) in [5.74, 6) is -0.538. The average Bonchev–Trinajstić information content (AvgIpc) is 3.32. The minimum atomic E-state index is -1.05. The van der Waals surface area contributed by atoms with Crippen LogP contribution in [0.15, 0.2) is 91.3 Å². The number of amides is 2. The predicted molar refractivity (Wildman–Crippen MR) is 151 cm³/mol. The summed E-state index contributed by atoms with van der Waals surface area (Å²) >= 11 is 0. The van der Waals surface area contributed by atoms with Crippen LogP contribution in [-0.2, 0) is 14.4 Å². The first kappa shape index (κ1) is 26.7. The summed E-state index contributed by atoms with van der Waals surface area (Å²) in [6.07, 6.45) is 3.90. The van der Waals surface area contributed by atoms with Crippen LogP contribution < -0.4 is 5.32 Å². The van der Waals surface area contributed by atoms with E-state index in [1.807, 2.05) is 24.3 Å². The van der Waals surface area contributed by atoms with Gasteiger partial charge in [-0.3, -0.25) is 19.4 Å². The molecular formula is C31H28FN5O3. The fraction of sp³-hybridized carbons (Fsp3) is 0.161. The number of aromatic nitrogens is 3. The third-order valence-electron chi connectivity index (χ3n) is 6.11. The molecule has 202 valence electrons. The van der Waals surface area contributed by atoms with Crippen molar-refractivity contribution in [2.45, 2.75) is 32.4 Å². The van der Waals surface area contributed by atoms with Crippen LogP contribution in [0.25, 0.3) is 33.4 Å². The van der Waals surface area contributed by atoms with Crippen LogP contribution in [-0.4, -0.2) is 37.9 Å². The Morgan fingerprint density at radius 1 is 0.975 bits per heavy atom. The number of aromatic amines is 1. The molecule has 2 amide bonds. The van der Waals surface area contributed by atoms with Crippen molar-refractivity contribution in [2.75, 3.05) is 5.32 Å². The van der Waals surface area contributed by atoms with E-state index in [4.69, 9.17) is 4.84 Å². The van der Waals surface area contributed by atoms with E-state index in [0.717, 1.165) is 32.8 Å². The summed E-state index contributed by atoms with van der Waals surface area (Å²) in [6, 6.07) is 21.4. The first-order valence-corrected chi connectivity index (χ1v) is 12.7. The molecule has 0 aliphatic rings. The van der Waals surface area contributed by atoms with E-state index in [9.17, 15) is 14.0 Å². The van der Waals surface area contributed by atoms with Crippen molar-refractivity contribution < 1.29 is 18.8 Å². The van der Waals surface area contributed by atoms with E-state index in [0.29, 0.717) is 17.6 Å². The number of benzene rings is 2. The van der Waals surface area contributed by atoms with E-state index in [1.165, 1.54) is 12.1 Å². The number of hydroxylamine groups is 2. The molecule has 3 aromatic heterocycles. The molecule has 1 atom stereocenters. The van der Waals surface area contributed by atoms with Crippen molar-refractivity contribution in [3.05, 3.63) is 103 Å². The lowest BCUT2D eigenvalue weighted by Crippen LogP contribution is -2.41. The molecule has 3 heterocycles. The van der Waals surface area contributed by atoms with Crippen LogP contribution in [0.2, 0.25) is 0 Å². The second kappa shape index (κ2) is 11.1. The van der Waals surface area contributed by atoms with Gasteiger partial charge in [-0.2, -0.15) is 0 Å². The van der Waals surface area contributed by atoms with Crippen LogP contribution in [0.5, 0.6) is 0 Å². The standard InChI is InChI=1S/C31H28FN5O3/c1-31(2,3)40-37(19-38)28(22-7-5-4-6-8-22)30(39)35-25-14-13-24-26(20-15-17-33-18-16-20)27(36-29(24)34-25)21-9-11-23(32)12-10-21/h4-19,28H,1-3H3,(H2,34,35,36,39)/t28-/m0/s1. The van der Waals surface area contributed by atoms with E-state index >= 15 is 0 Å². The fourth-order valence-electron chi connectivity index (χ4n) is 4.49. The smallest absolute Gasteiger partial charge is 0.255 e. The van der Waals surface area contributed by atoms with Gasteiger partial charge < -0.3 is 10.3 Å². The first-order chi connectivity index (χ1) is 19.2. The minimum absolute atomic E-state index is 0.285. The lowest BCUT2D eigenvalue weighted by atomic mass is 10.00. The molecule has 0 saturated heterocycles. The van der Waals surface area contributed by atoms with Gasteiger partial charge >= 0.3 is 0 Å². The third-order valence-corrected chi connectivity index (χ3v) is 6.11. The van der Waals surface area contributed by atoms with Gasteiger partial charge in [0.1, 0.15) is 17.3 Å². The van der Waals surface area contributed by atoms with Crippen molar-refractivity contribution >= 4 is 29.2 Å². The summed E-state index contributed by atoms with van der Waals surface area (Å²) < 4.78 is 13.7. The SMILES string of the molecule is CC(C)(C)ON(C=O)[C@H](C(=O)Nc1ccc2c(-c3ccncc3)c(-c3ccc(F)cc3)[nH]c2n1)c1ccccc1. The van der Waals surface area contributed by atoms with Gasteiger partial charge in [0, 0.05) is 23.3 Å². The van der Waals surface area contributed by atoms with Crippen molar-refractivity contribution in [2.24, 2.45) is 0 Å². The molecule has 2 aromatic carbocycles. The summed E-state index contributed by atoms with van der Waals surface area (Å²) in [4.78, 5) is 43.6.